The molecule has 6 heteroatoms. The number of fused-ring (bicyclic) bond motifs is 1. The van der Waals surface area contributed by atoms with Gasteiger partial charge in [-0.15, -0.1) is 0 Å². The van der Waals surface area contributed by atoms with Gasteiger partial charge in [0.2, 0.25) is 0 Å². The average molecular weight is 433 g/mol. The number of pyridine rings is 1. The third-order valence-corrected chi connectivity index (χ3v) is 6.35. The van der Waals surface area contributed by atoms with Crippen molar-refractivity contribution in [3.8, 4) is 16.9 Å². The number of ether oxygens (including phenoxy) is 3. The molecule has 0 aliphatic carbocycles. The van der Waals surface area contributed by atoms with E-state index in [-0.39, 0.29) is 18.3 Å². The molecule has 2 saturated heterocycles. The average Bonchev–Trinajstić information content (AvgIpc) is 3.34. The predicted octanol–water partition coefficient (Wildman–Crippen LogP) is 4.98. The number of piperidine rings is 1. The number of carbonyl (C=O) groups excluding carboxylic acids is 1. The van der Waals surface area contributed by atoms with Crippen molar-refractivity contribution in [1.82, 2.24) is 9.88 Å². The number of likely N-dealkylation sites (tertiary alicyclic amines) is 1. The number of aromatic nitrogens is 1. The van der Waals surface area contributed by atoms with Crippen molar-refractivity contribution >= 4 is 17.0 Å². The fraction of sp³-hybridized carbons (Fsp3) is 0.385. The maximum Gasteiger partial charge on any atom is 0.410 e. The summed E-state index contributed by atoms with van der Waals surface area (Å²) in [5, 5.41) is 1.15. The Morgan fingerprint density at radius 3 is 2.59 bits per heavy atom. The van der Waals surface area contributed by atoms with Crippen LogP contribution in [0.4, 0.5) is 4.79 Å². The molecule has 2 aliphatic rings. The quantitative estimate of drug-likeness (QED) is 0.582. The number of carbonyl (C=O) groups is 1. The predicted molar refractivity (Wildman–Crippen MR) is 123 cm³/mol. The Hall–Kier alpha value is -3.12. The van der Waals surface area contributed by atoms with Crippen LogP contribution in [0.25, 0.3) is 22.0 Å². The molecule has 32 heavy (non-hydrogen) atoms. The molecule has 2 aliphatic heterocycles. The van der Waals surface area contributed by atoms with Gasteiger partial charge in [-0.2, -0.15) is 0 Å². The van der Waals surface area contributed by atoms with Crippen molar-refractivity contribution in [1.29, 1.82) is 0 Å². The lowest BCUT2D eigenvalue weighted by atomic mass is 9.98. The SMILES string of the molecule is Cc1c(-c2ccc(OC3CCN(C(=O)OC4CCOC4)CC3)cc2)ccc2cccnc12. The van der Waals surface area contributed by atoms with E-state index < -0.39 is 0 Å². The van der Waals surface area contributed by atoms with Gasteiger partial charge in [-0.25, -0.2) is 4.79 Å². The van der Waals surface area contributed by atoms with Crippen LogP contribution in [0.1, 0.15) is 24.8 Å². The fourth-order valence-electron chi connectivity index (χ4n) is 4.49. The third kappa shape index (κ3) is 4.41. The van der Waals surface area contributed by atoms with E-state index in [4.69, 9.17) is 14.2 Å². The van der Waals surface area contributed by atoms with Crippen LogP contribution in [-0.4, -0.2) is 54.5 Å². The molecule has 3 heterocycles. The van der Waals surface area contributed by atoms with E-state index in [2.05, 4.69) is 42.2 Å². The molecule has 0 radical (unpaired) electrons. The Morgan fingerprint density at radius 2 is 1.84 bits per heavy atom. The molecule has 2 aromatic carbocycles. The highest BCUT2D eigenvalue weighted by Crippen LogP contribution is 2.30. The number of hydrogen-bond acceptors (Lipinski definition) is 5. The second-order valence-corrected chi connectivity index (χ2v) is 8.51. The molecular formula is C26H28N2O4. The second kappa shape index (κ2) is 9.17. The molecule has 3 aromatic rings. The summed E-state index contributed by atoms with van der Waals surface area (Å²) in [6.07, 6.45) is 3.99. The summed E-state index contributed by atoms with van der Waals surface area (Å²) in [6, 6.07) is 16.6. The van der Waals surface area contributed by atoms with Crippen molar-refractivity contribution in [2.45, 2.75) is 38.4 Å². The van der Waals surface area contributed by atoms with Crippen molar-refractivity contribution in [2.75, 3.05) is 26.3 Å². The number of amides is 1. The third-order valence-electron chi connectivity index (χ3n) is 6.35. The summed E-state index contributed by atoms with van der Waals surface area (Å²) in [5.41, 5.74) is 4.55. The molecular weight excluding hydrogens is 404 g/mol. The highest BCUT2D eigenvalue weighted by molar-refractivity contribution is 5.88. The van der Waals surface area contributed by atoms with E-state index in [9.17, 15) is 4.79 Å². The lowest BCUT2D eigenvalue weighted by molar-refractivity contribution is 0.0373. The van der Waals surface area contributed by atoms with Crippen LogP contribution < -0.4 is 4.74 Å². The second-order valence-electron chi connectivity index (χ2n) is 8.51. The molecule has 0 N–H and O–H groups in total. The van der Waals surface area contributed by atoms with Crippen LogP contribution >= 0.6 is 0 Å². The largest absolute Gasteiger partial charge is 0.490 e. The summed E-state index contributed by atoms with van der Waals surface area (Å²) in [7, 11) is 0. The minimum Gasteiger partial charge on any atom is -0.490 e. The minimum atomic E-state index is -0.233. The first kappa shape index (κ1) is 20.8. The van der Waals surface area contributed by atoms with Crippen LogP contribution in [0, 0.1) is 6.92 Å². The maximum atomic E-state index is 12.3. The van der Waals surface area contributed by atoms with Crippen molar-refractivity contribution in [3.05, 3.63) is 60.3 Å². The highest BCUT2D eigenvalue weighted by Gasteiger charge is 2.28. The van der Waals surface area contributed by atoms with E-state index in [0.717, 1.165) is 41.5 Å². The number of nitrogens with zero attached hydrogens (tertiary/aromatic N) is 2. The van der Waals surface area contributed by atoms with Gasteiger partial charge in [0.25, 0.3) is 0 Å². The van der Waals surface area contributed by atoms with Crippen LogP contribution in [-0.2, 0) is 9.47 Å². The number of hydrogen-bond donors (Lipinski definition) is 0. The standard InChI is InChI=1S/C26H28N2O4/c1-18-24(9-6-20-3-2-13-27-25(18)20)19-4-7-21(8-5-19)31-22-10-14-28(15-11-22)26(29)32-23-12-16-30-17-23/h2-9,13,22-23H,10-12,14-17H2,1H3. The van der Waals surface area contributed by atoms with Crippen molar-refractivity contribution in [2.24, 2.45) is 0 Å². The summed E-state index contributed by atoms with van der Waals surface area (Å²) in [6.45, 7) is 4.60. The molecule has 6 nitrogen and oxygen atoms in total. The summed E-state index contributed by atoms with van der Waals surface area (Å²) < 4.78 is 17.0. The van der Waals surface area contributed by atoms with E-state index in [1.807, 2.05) is 24.4 Å². The molecule has 0 saturated carbocycles. The summed E-state index contributed by atoms with van der Waals surface area (Å²) >= 11 is 0. The molecule has 166 valence electrons. The van der Waals surface area contributed by atoms with Gasteiger partial charge in [0.15, 0.2) is 0 Å². The van der Waals surface area contributed by atoms with E-state index in [0.29, 0.717) is 26.3 Å². The van der Waals surface area contributed by atoms with Crippen molar-refractivity contribution < 1.29 is 19.0 Å². The van der Waals surface area contributed by atoms with Gasteiger partial charge < -0.3 is 19.1 Å². The Bertz CT molecular complexity index is 1080. The van der Waals surface area contributed by atoms with Gasteiger partial charge in [-0.05, 0) is 41.8 Å². The van der Waals surface area contributed by atoms with Crippen LogP contribution in [0.3, 0.4) is 0 Å². The highest BCUT2D eigenvalue weighted by atomic mass is 16.6. The Balaban J connectivity index is 1.18. The molecule has 0 bridgehead atoms. The van der Waals surface area contributed by atoms with E-state index in [1.165, 1.54) is 11.1 Å². The van der Waals surface area contributed by atoms with E-state index in [1.54, 1.807) is 4.90 Å². The van der Waals surface area contributed by atoms with Crippen LogP contribution in [0.2, 0.25) is 0 Å². The van der Waals surface area contributed by atoms with Gasteiger partial charge in [0.05, 0.1) is 18.7 Å². The lowest BCUT2D eigenvalue weighted by Crippen LogP contribution is -2.43. The normalized spacial score (nSPS) is 19.3. The molecule has 0 spiro atoms. The topological polar surface area (TPSA) is 60.9 Å². The van der Waals surface area contributed by atoms with Gasteiger partial charge in [-0.1, -0.05) is 30.3 Å². The smallest absolute Gasteiger partial charge is 0.410 e. The number of aryl methyl sites for hydroxylation is 1. The summed E-state index contributed by atoms with van der Waals surface area (Å²) in [5.74, 6) is 0.856. The first-order valence-electron chi connectivity index (χ1n) is 11.3. The maximum absolute atomic E-state index is 12.3. The molecule has 1 unspecified atom stereocenters. The monoisotopic (exact) mass is 432 g/mol. The van der Waals surface area contributed by atoms with E-state index >= 15 is 0 Å². The molecule has 5 rings (SSSR count). The molecule has 1 amide bonds. The van der Waals surface area contributed by atoms with Crippen molar-refractivity contribution in [3.63, 3.8) is 0 Å². The first-order valence-corrected chi connectivity index (χ1v) is 11.3. The molecule has 2 fully saturated rings. The zero-order valence-corrected chi connectivity index (χ0v) is 18.3. The molecule has 1 aromatic heterocycles. The van der Waals surface area contributed by atoms with Gasteiger partial charge in [0, 0.05) is 43.9 Å². The van der Waals surface area contributed by atoms with Gasteiger partial charge in [0.1, 0.15) is 18.0 Å². The Kier molecular flexibility index (Phi) is 5.95. The number of benzene rings is 2. The fourth-order valence-corrected chi connectivity index (χ4v) is 4.49. The minimum absolute atomic E-state index is 0.1000. The first-order chi connectivity index (χ1) is 15.7. The summed E-state index contributed by atoms with van der Waals surface area (Å²) in [4.78, 5) is 18.6. The molecule has 1 atom stereocenters. The number of rotatable bonds is 4. The lowest BCUT2D eigenvalue weighted by Gasteiger charge is -2.32. The zero-order chi connectivity index (χ0) is 21.9. The Morgan fingerprint density at radius 1 is 1.03 bits per heavy atom. The van der Waals surface area contributed by atoms with Crippen LogP contribution in [0.5, 0.6) is 5.75 Å². The van der Waals surface area contributed by atoms with Gasteiger partial charge in [-0.3, -0.25) is 4.98 Å². The van der Waals surface area contributed by atoms with Crippen LogP contribution in [0.15, 0.2) is 54.7 Å². The van der Waals surface area contributed by atoms with Gasteiger partial charge >= 0.3 is 6.09 Å². The Labute approximate surface area is 188 Å². The zero-order valence-electron chi connectivity index (χ0n) is 18.3.